The third-order valence-corrected chi connectivity index (χ3v) is 12.3. The maximum Gasteiger partial charge on any atom is 0.348 e. The minimum absolute atomic E-state index is 0.0456. The van der Waals surface area contributed by atoms with Gasteiger partial charge in [0.2, 0.25) is 36.1 Å². The lowest BCUT2D eigenvalue weighted by molar-refractivity contribution is -0.136. The second-order valence-corrected chi connectivity index (χ2v) is 16.1. The molecule has 0 bridgehead atoms. The van der Waals surface area contributed by atoms with Crippen LogP contribution in [0.2, 0.25) is 0 Å². The number of amides is 2. The highest BCUT2D eigenvalue weighted by molar-refractivity contribution is 7.40. The molecule has 0 spiro atoms. The van der Waals surface area contributed by atoms with E-state index in [0.717, 1.165) is 11.1 Å². The Labute approximate surface area is 364 Å². The van der Waals surface area contributed by atoms with Crippen molar-refractivity contribution in [3.8, 4) is 11.5 Å². The predicted octanol–water partition coefficient (Wildman–Crippen LogP) is 8.95. The molecule has 0 radical (unpaired) electrons. The lowest BCUT2D eigenvalue weighted by Gasteiger charge is -2.19. The fourth-order valence-electron chi connectivity index (χ4n) is 6.82. The van der Waals surface area contributed by atoms with Gasteiger partial charge in [0.1, 0.15) is 34.5 Å². The molecule has 62 heavy (non-hydrogen) atoms. The van der Waals surface area contributed by atoms with E-state index in [1.165, 1.54) is 46.5 Å². The molecule has 0 aliphatic carbocycles. The molecular formula is C46H40N4O10S2. The van der Waals surface area contributed by atoms with Crippen molar-refractivity contribution in [1.82, 2.24) is 10.0 Å². The van der Waals surface area contributed by atoms with Crippen LogP contribution in [0.25, 0.3) is 9.40 Å². The Kier molecular flexibility index (Phi) is 12.3. The quantitative estimate of drug-likeness (QED) is 0.0969. The zero-order chi connectivity index (χ0) is 43.3. The average Bonchev–Trinajstić information content (AvgIpc) is 4.09. The highest BCUT2D eigenvalue weighted by Gasteiger charge is 2.35. The third kappa shape index (κ3) is 8.60. The van der Waals surface area contributed by atoms with Gasteiger partial charge in [0.05, 0.1) is 17.2 Å². The molecule has 0 saturated carbocycles. The fraction of sp³-hybridized carbons (Fsp3) is 0.217. The van der Waals surface area contributed by atoms with Crippen LogP contribution in [0.15, 0.2) is 119 Å². The number of fused-ring (bicyclic) bond motifs is 1. The summed E-state index contributed by atoms with van der Waals surface area (Å²) in [6.07, 6.45) is -1.55. The number of carbonyl (C=O) groups is 4. The summed E-state index contributed by atoms with van der Waals surface area (Å²) < 4.78 is 36.5. The Balaban J connectivity index is 1.04. The van der Waals surface area contributed by atoms with Gasteiger partial charge >= 0.3 is 11.9 Å². The van der Waals surface area contributed by atoms with Crippen molar-refractivity contribution in [2.75, 3.05) is 13.2 Å². The number of benzene rings is 4. The van der Waals surface area contributed by atoms with Crippen LogP contribution in [0, 0.1) is 0 Å². The number of esters is 2. The van der Waals surface area contributed by atoms with Crippen LogP contribution >= 0.6 is 22.7 Å². The van der Waals surface area contributed by atoms with E-state index in [1.807, 2.05) is 60.7 Å². The van der Waals surface area contributed by atoms with Crippen LogP contribution in [0.5, 0.6) is 11.5 Å². The molecule has 6 aromatic rings. The summed E-state index contributed by atoms with van der Waals surface area (Å²) in [5.41, 5.74) is 3.91. The Hall–Kier alpha value is -7.04. The second kappa shape index (κ2) is 18.3. The van der Waals surface area contributed by atoms with Crippen molar-refractivity contribution in [1.29, 1.82) is 0 Å². The molecule has 0 N–H and O–H groups in total. The minimum atomic E-state index is -0.776. The summed E-state index contributed by atoms with van der Waals surface area (Å²) in [6.45, 7) is 6.55. The summed E-state index contributed by atoms with van der Waals surface area (Å²) in [7, 11) is 0. The number of ether oxygens (including phenoxy) is 6. The monoisotopic (exact) mass is 872 g/mol. The molecule has 4 aromatic carbocycles. The standard InChI is InChI=1S/C46H40N4O10S2/c1-5-55-44(53)38-35(25-57-33-21-17-31(18-22-33)42-49(27(3)51)47-40(59-42)29-13-9-7-10-14-29)37-36(39(45(54)56-6-2)62-46(37)61-38)26-58-34-23-19-32(20-24-34)43-50(28(4)52)48-41(60-43)30-15-11-8-12-16-30/h7-24,42-43H,5-6,25-26H2,1-4H3. The van der Waals surface area contributed by atoms with Gasteiger partial charge in [0.15, 0.2) is 0 Å². The van der Waals surface area contributed by atoms with Crippen molar-refractivity contribution in [2.24, 2.45) is 10.2 Å². The molecule has 2 aliphatic rings. The number of hydrogen-bond donors (Lipinski definition) is 0. The van der Waals surface area contributed by atoms with Gasteiger partial charge in [-0.25, -0.2) is 9.59 Å². The smallest absolute Gasteiger partial charge is 0.348 e. The Morgan fingerprint density at radius 1 is 0.581 bits per heavy atom. The molecule has 8 rings (SSSR count). The third-order valence-electron chi connectivity index (χ3n) is 9.74. The van der Waals surface area contributed by atoms with E-state index in [4.69, 9.17) is 28.4 Å². The molecular weight excluding hydrogens is 833 g/mol. The van der Waals surface area contributed by atoms with Gasteiger partial charge in [0.25, 0.3) is 0 Å². The van der Waals surface area contributed by atoms with Crippen LogP contribution in [0.4, 0.5) is 0 Å². The van der Waals surface area contributed by atoms with Gasteiger partial charge in [-0.2, -0.15) is 10.0 Å². The van der Waals surface area contributed by atoms with Crippen LogP contribution < -0.4 is 9.47 Å². The van der Waals surface area contributed by atoms with E-state index >= 15 is 0 Å². The lowest BCUT2D eigenvalue weighted by atomic mass is 10.1. The minimum Gasteiger partial charge on any atom is -0.489 e. The topological polar surface area (TPSA) is 155 Å². The van der Waals surface area contributed by atoms with E-state index in [1.54, 1.807) is 62.4 Å². The molecule has 2 amide bonds. The zero-order valence-corrected chi connectivity index (χ0v) is 35.7. The summed E-state index contributed by atoms with van der Waals surface area (Å²) in [4.78, 5) is 52.6. The first-order valence-electron chi connectivity index (χ1n) is 19.7. The van der Waals surface area contributed by atoms with Crippen molar-refractivity contribution in [3.05, 3.63) is 152 Å². The van der Waals surface area contributed by atoms with Gasteiger partial charge in [-0.15, -0.1) is 32.9 Å². The SMILES string of the molecule is CCOC(=O)c1sc2sc(C(=O)OCC)c(COc3ccc(C4OC(c5ccccc5)=NN4C(C)=O)cc3)c2c1COc1ccc(C2OC(c3ccccc3)=NN2C(C)=O)cc1. The van der Waals surface area contributed by atoms with E-state index in [-0.39, 0.29) is 38.2 Å². The maximum absolute atomic E-state index is 13.4. The maximum atomic E-state index is 13.4. The van der Waals surface area contributed by atoms with Gasteiger partial charge in [-0.1, -0.05) is 36.4 Å². The normalized spacial score (nSPS) is 15.7. The first kappa shape index (κ1) is 41.7. The van der Waals surface area contributed by atoms with E-state index in [2.05, 4.69) is 10.2 Å². The molecule has 2 unspecified atom stereocenters. The van der Waals surface area contributed by atoms with Gasteiger partial charge in [-0.3, -0.25) is 9.59 Å². The van der Waals surface area contributed by atoms with Crippen LogP contribution in [0.3, 0.4) is 0 Å². The lowest BCUT2D eigenvalue weighted by Crippen LogP contribution is -2.25. The van der Waals surface area contributed by atoms with E-state index in [9.17, 15) is 19.2 Å². The van der Waals surface area contributed by atoms with Crippen LogP contribution in [0.1, 0.15) is 92.9 Å². The van der Waals surface area contributed by atoms with Crippen molar-refractivity contribution in [2.45, 2.75) is 53.4 Å². The Morgan fingerprint density at radius 2 is 0.968 bits per heavy atom. The molecule has 4 heterocycles. The molecule has 2 atom stereocenters. The predicted molar refractivity (Wildman–Crippen MR) is 232 cm³/mol. The fourth-order valence-corrected chi connectivity index (χ4v) is 9.40. The number of thiophene rings is 2. The number of hydrogen-bond acceptors (Lipinski definition) is 14. The number of carbonyl (C=O) groups excluding carboxylic acids is 4. The molecule has 2 aliphatic heterocycles. The number of nitrogens with zero attached hydrogens (tertiary/aromatic N) is 4. The number of rotatable bonds is 14. The number of hydrazone groups is 2. The summed E-state index contributed by atoms with van der Waals surface area (Å²) in [6, 6.07) is 32.8. The van der Waals surface area contributed by atoms with Crippen LogP contribution in [-0.4, -0.2) is 58.8 Å². The van der Waals surface area contributed by atoms with Gasteiger partial charge in [0, 0.05) is 52.6 Å². The van der Waals surface area contributed by atoms with Crippen molar-refractivity contribution >= 4 is 67.6 Å². The second-order valence-electron chi connectivity index (χ2n) is 13.8. The first-order valence-corrected chi connectivity index (χ1v) is 21.3. The largest absolute Gasteiger partial charge is 0.489 e. The molecule has 2 aromatic heterocycles. The summed E-state index contributed by atoms with van der Waals surface area (Å²) in [5.74, 6) is 0.0403. The Morgan fingerprint density at radius 3 is 1.32 bits per heavy atom. The van der Waals surface area contributed by atoms with Crippen molar-refractivity contribution < 1.29 is 47.6 Å². The first-order chi connectivity index (χ1) is 30.1. The molecule has 0 saturated heterocycles. The highest BCUT2D eigenvalue weighted by atomic mass is 32.2. The average molecular weight is 873 g/mol. The van der Waals surface area contributed by atoms with Gasteiger partial charge < -0.3 is 28.4 Å². The molecule has 16 heteroatoms. The van der Waals surface area contributed by atoms with Crippen LogP contribution in [-0.2, 0) is 41.8 Å². The van der Waals surface area contributed by atoms with E-state index in [0.29, 0.717) is 64.7 Å². The summed E-state index contributed by atoms with van der Waals surface area (Å²) in [5, 5.41) is 12.1. The van der Waals surface area contributed by atoms with Gasteiger partial charge in [-0.05, 0) is 86.6 Å². The summed E-state index contributed by atoms with van der Waals surface area (Å²) >= 11 is 2.43. The molecule has 316 valence electrons. The zero-order valence-electron chi connectivity index (χ0n) is 34.1. The van der Waals surface area contributed by atoms with E-state index < -0.39 is 24.4 Å². The molecule has 0 fully saturated rings. The Bertz CT molecular complexity index is 2500. The highest BCUT2D eigenvalue weighted by Crippen LogP contribution is 2.43. The van der Waals surface area contributed by atoms with Crippen molar-refractivity contribution in [3.63, 3.8) is 0 Å². The molecule has 14 nitrogen and oxygen atoms in total.